The van der Waals surface area contributed by atoms with Gasteiger partial charge in [0, 0.05) is 16.8 Å². The number of fused-ring (bicyclic) bond motifs is 3. The molecule has 14 heteroatoms. The maximum absolute atomic E-state index is 13.1. The molecule has 208 valence electrons. The molecule has 40 heavy (non-hydrogen) atoms. The molecule has 1 unspecified atom stereocenters. The largest absolute Gasteiger partial charge is 0.468 e. The fourth-order valence-electron chi connectivity index (χ4n) is 4.10. The van der Waals surface area contributed by atoms with Gasteiger partial charge in [-0.25, -0.2) is 16.8 Å². The Morgan fingerprint density at radius 2 is 1.62 bits per heavy atom. The van der Waals surface area contributed by atoms with Gasteiger partial charge in [0.25, 0.3) is 5.16 Å². The van der Waals surface area contributed by atoms with Crippen LogP contribution >= 0.6 is 0 Å². The number of nitrogens with zero attached hydrogens (tertiary/aromatic N) is 4. The number of aryl methyl sites for hydroxylation is 1. The molecule has 0 bridgehead atoms. The van der Waals surface area contributed by atoms with Crippen molar-refractivity contribution in [1.82, 2.24) is 24.9 Å². The number of nitrogens with one attached hydrogen (secondary N) is 1. The van der Waals surface area contributed by atoms with Crippen LogP contribution in [0.4, 0.5) is 0 Å². The summed E-state index contributed by atoms with van der Waals surface area (Å²) in [5.74, 6) is -1.02. The number of ether oxygens (including phenoxy) is 1. The minimum absolute atomic E-state index is 0.0507. The van der Waals surface area contributed by atoms with E-state index in [0.717, 1.165) is 10.4 Å². The van der Waals surface area contributed by atoms with E-state index in [1.165, 1.54) is 37.4 Å². The highest BCUT2D eigenvalue weighted by molar-refractivity contribution is 7.91. The van der Waals surface area contributed by atoms with Crippen LogP contribution in [0.2, 0.25) is 0 Å². The molecule has 1 N–H and O–H groups in total. The molecule has 5 aromatic rings. The summed E-state index contributed by atoms with van der Waals surface area (Å²) in [5, 5.41) is 12.4. The van der Waals surface area contributed by atoms with Gasteiger partial charge in [-0.3, -0.25) is 4.79 Å². The summed E-state index contributed by atoms with van der Waals surface area (Å²) >= 11 is 0. The van der Waals surface area contributed by atoms with Gasteiger partial charge in [0.05, 0.1) is 22.6 Å². The molecule has 0 fully saturated rings. The molecule has 0 saturated heterocycles. The number of methoxy groups -OCH3 is 1. The fourth-order valence-corrected chi connectivity index (χ4v) is 6.49. The number of rotatable bonds is 8. The summed E-state index contributed by atoms with van der Waals surface area (Å²) in [6.45, 7) is 5.27. The van der Waals surface area contributed by atoms with E-state index in [0.29, 0.717) is 27.6 Å². The fraction of sp³-hybridized carbons (Fsp3) is 0.231. The minimum atomic E-state index is -4.07. The van der Waals surface area contributed by atoms with Crippen LogP contribution in [0.25, 0.3) is 27.6 Å². The molecule has 0 aliphatic carbocycles. The molecular formula is C26H25N5O7S2. The predicted molar refractivity (Wildman–Crippen MR) is 144 cm³/mol. The van der Waals surface area contributed by atoms with E-state index in [2.05, 4.69) is 20.1 Å². The average Bonchev–Trinajstić information content (AvgIpc) is 3.56. The van der Waals surface area contributed by atoms with Gasteiger partial charge in [-0.1, -0.05) is 36.6 Å². The standard InChI is InChI=1S/C26H25N5O7S2/c1-15(2)24(25(32)37-4)29-40(35,36)19-10-12-22-21(14-19)20-11-7-17(13-23(20)38-22)31-28-26(27-30-31)39(33,34)18-8-5-16(3)6-9-18/h5-15,24,29H,1-4H3. The van der Waals surface area contributed by atoms with Crippen molar-refractivity contribution in [3.63, 3.8) is 0 Å². The molecule has 0 aliphatic rings. The Hall–Kier alpha value is -4.14. The van der Waals surface area contributed by atoms with E-state index in [-0.39, 0.29) is 15.7 Å². The van der Waals surface area contributed by atoms with Gasteiger partial charge in [0.2, 0.25) is 19.9 Å². The van der Waals surface area contributed by atoms with Crippen molar-refractivity contribution < 1.29 is 30.8 Å². The van der Waals surface area contributed by atoms with E-state index < -0.39 is 37.0 Å². The molecule has 5 rings (SSSR count). The maximum Gasteiger partial charge on any atom is 0.324 e. The molecule has 0 radical (unpaired) electrons. The molecular weight excluding hydrogens is 558 g/mol. The zero-order valence-corrected chi connectivity index (χ0v) is 23.5. The molecule has 3 aromatic carbocycles. The Labute approximate surface area is 229 Å². The Kier molecular flexibility index (Phi) is 6.94. The van der Waals surface area contributed by atoms with Crippen LogP contribution < -0.4 is 4.72 Å². The SMILES string of the molecule is COC(=O)C(NS(=O)(=O)c1ccc2oc3cc(-n4nnc(S(=O)(=O)c5ccc(C)cc5)n4)ccc3c2c1)C(C)C. The molecule has 2 aromatic heterocycles. The van der Waals surface area contributed by atoms with Gasteiger partial charge in [-0.2, -0.15) is 4.72 Å². The zero-order valence-electron chi connectivity index (χ0n) is 21.9. The molecule has 0 saturated carbocycles. The lowest BCUT2D eigenvalue weighted by molar-refractivity contribution is -0.143. The molecule has 2 heterocycles. The van der Waals surface area contributed by atoms with Crippen LogP contribution in [-0.4, -0.2) is 56.2 Å². The number of sulfonamides is 1. The van der Waals surface area contributed by atoms with Gasteiger partial charge >= 0.3 is 5.97 Å². The second-order valence-electron chi connectivity index (χ2n) is 9.48. The van der Waals surface area contributed by atoms with Crippen molar-refractivity contribution in [3.05, 3.63) is 66.2 Å². The third-order valence-corrected chi connectivity index (χ3v) is 9.31. The number of hydrogen-bond acceptors (Lipinski definition) is 10. The van der Waals surface area contributed by atoms with Gasteiger partial charge in [-0.15, -0.1) is 9.90 Å². The van der Waals surface area contributed by atoms with Crippen LogP contribution in [0.1, 0.15) is 19.4 Å². The summed E-state index contributed by atoms with van der Waals surface area (Å²) in [7, 11) is -6.84. The first kappa shape index (κ1) is 27.4. The second-order valence-corrected chi connectivity index (χ2v) is 13.0. The van der Waals surface area contributed by atoms with Crippen LogP contribution in [-0.2, 0) is 29.4 Å². The number of tetrazole rings is 1. The van der Waals surface area contributed by atoms with Crippen LogP contribution in [0.15, 0.2) is 80.0 Å². The van der Waals surface area contributed by atoms with Crippen molar-refractivity contribution in [1.29, 1.82) is 0 Å². The predicted octanol–water partition coefficient (Wildman–Crippen LogP) is 3.18. The van der Waals surface area contributed by atoms with E-state index in [1.807, 2.05) is 6.92 Å². The summed E-state index contributed by atoms with van der Waals surface area (Å²) in [6.07, 6.45) is 0. The zero-order chi connectivity index (χ0) is 28.8. The van der Waals surface area contributed by atoms with Crippen LogP contribution in [0.3, 0.4) is 0 Å². The Balaban J connectivity index is 1.48. The number of carbonyl (C=O) groups excluding carboxylic acids is 1. The first-order valence-electron chi connectivity index (χ1n) is 12.1. The number of aromatic nitrogens is 4. The van der Waals surface area contributed by atoms with Gasteiger partial charge in [-0.05, 0) is 60.5 Å². The normalized spacial score (nSPS) is 13.2. The third kappa shape index (κ3) is 4.96. The maximum atomic E-state index is 13.1. The van der Waals surface area contributed by atoms with Gasteiger partial charge < -0.3 is 9.15 Å². The van der Waals surface area contributed by atoms with E-state index >= 15 is 0 Å². The molecule has 0 spiro atoms. The summed E-state index contributed by atoms with van der Waals surface area (Å²) in [6, 6.07) is 14.5. The number of sulfone groups is 1. The monoisotopic (exact) mass is 583 g/mol. The van der Waals surface area contributed by atoms with E-state index in [1.54, 1.807) is 44.2 Å². The number of furan rings is 1. The first-order chi connectivity index (χ1) is 18.9. The Morgan fingerprint density at radius 1 is 0.925 bits per heavy atom. The Morgan fingerprint density at radius 3 is 2.30 bits per heavy atom. The van der Waals surface area contributed by atoms with Crippen molar-refractivity contribution in [3.8, 4) is 5.69 Å². The molecule has 0 amide bonds. The van der Waals surface area contributed by atoms with Crippen molar-refractivity contribution in [2.75, 3.05) is 7.11 Å². The van der Waals surface area contributed by atoms with Gasteiger partial charge in [0.1, 0.15) is 17.2 Å². The lowest BCUT2D eigenvalue weighted by Crippen LogP contribution is -2.44. The highest BCUT2D eigenvalue weighted by Gasteiger charge is 2.29. The summed E-state index contributed by atoms with van der Waals surface area (Å²) in [4.78, 5) is 13.2. The average molecular weight is 584 g/mol. The summed E-state index contributed by atoms with van der Waals surface area (Å²) in [5.41, 5.74) is 2.12. The number of hydrogen-bond donors (Lipinski definition) is 1. The third-order valence-electron chi connectivity index (χ3n) is 6.34. The quantitative estimate of drug-likeness (QED) is 0.268. The van der Waals surface area contributed by atoms with E-state index in [9.17, 15) is 21.6 Å². The minimum Gasteiger partial charge on any atom is -0.468 e. The molecule has 0 aliphatic heterocycles. The number of carbonyl (C=O) groups is 1. The molecule has 12 nitrogen and oxygen atoms in total. The lowest BCUT2D eigenvalue weighted by atomic mass is 10.1. The summed E-state index contributed by atoms with van der Waals surface area (Å²) < 4.78 is 65.1. The van der Waals surface area contributed by atoms with E-state index in [4.69, 9.17) is 9.15 Å². The smallest absolute Gasteiger partial charge is 0.324 e. The highest BCUT2D eigenvalue weighted by atomic mass is 32.2. The van der Waals surface area contributed by atoms with Crippen LogP contribution in [0, 0.1) is 12.8 Å². The Bertz CT molecular complexity index is 1960. The second kappa shape index (κ2) is 10.1. The number of benzene rings is 3. The van der Waals surface area contributed by atoms with Crippen molar-refractivity contribution >= 4 is 47.8 Å². The van der Waals surface area contributed by atoms with Gasteiger partial charge in [0.15, 0.2) is 0 Å². The van der Waals surface area contributed by atoms with Crippen molar-refractivity contribution in [2.24, 2.45) is 5.92 Å². The number of esters is 1. The topological polar surface area (TPSA) is 163 Å². The highest BCUT2D eigenvalue weighted by Crippen LogP contribution is 2.32. The molecule has 1 atom stereocenters. The lowest BCUT2D eigenvalue weighted by Gasteiger charge is -2.19. The van der Waals surface area contributed by atoms with Crippen LogP contribution in [0.5, 0.6) is 0 Å². The van der Waals surface area contributed by atoms with Crippen molar-refractivity contribution in [2.45, 2.75) is 41.8 Å². The first-order valence-corrected chi connectivity index (χ1v) is 15.1.